The summed E-state index contributed by atoms with van der Waals surface area (Å²) in [7, 11) is -2.71. The summed E-state index contributed by atoms with van der Waals surface area (Å²) in [6, 6.07) is 56.6. The second kappa shape index (κ2) is 12.8. The first kappa shape index (κ1) is 33.7. The molecule has 0 aromatic heterocycles. The van der Waals surface area contributed by atoms with Gasteiger partial charge in [0.05, 0.1) is 0 Å². The zero-order valence-electron chi connectivity index (χ0n) is 31.3. The SMILES string of the molecule is CC(C)c1cccc(-c2cccc3c2C=C2[CH]3[Hf]([CH3])([CH3])[CH]3C(=Cc4c(-c5cccc(C(C)C)c5)cccc43)[Si]2(c2ccccc2)c2ccccc2)c1. The topological polar surface area (TPSA) is 0 Å². The molecule has 1 saturated heterocycles. The van der Waals surface area contributed by atoms with E-state index in [1.54, 1.807) is 21.5 Å². The molecule has 0 spiro atoms. The van der Waals surface area contributed by atoms with Crippen molar-refractivity contribution in [3.05, 3.63) is 189 Å². The van der Waals surface area contributed by atoms with Crippen LogP contribution in [0.25, 0.3) is 34.4 Å². The van der Waals surface area contributed by atoms with E-state index in [0.29, 0.717) is 19.2 Å². The summed E-state index contributed by atoms with van der Waals surface area (Å²) < 4.78 is 6.59. The molecular weight excluding hydrogens is 807 g/mol. The second-order valence-electron chi connectivity index (χ2n) is 16.5. The Bertz CT molecular complexity index is 2230. The Hall–Kier alpha value is -4.11. The Morgan fingerprint density at radius 3 is 1.27 bits per heavy atom. The van der Waals surface area contributed by atoms with Crippen LogP contribution in [-0.2, 0) is 20.0 Å². The zero-order valence-corrected chi connectivity index (χ0v) is 35.9. The summed E-state index contributed by atoms with van der Waals surface area (Å²) >= 11 is -3.34. The predicted molar refractivity (Wildman–Crippen MR) is 223 cm³/mol. The van der Waals surface area contributed by atoms with Crippen LogP contribution in [0.3, 0.4) is 0 Å². The molecule has 2 atom stereocenters. The van der Waals surface area contributed by atoms with Crippen LogP contribution in [0.1, 0.15) is 80.3 Å². The van der Waals surface area contributed by atoms with Crippen molar-refractivity contribution in [3.8, 4) is 22.3 Å². The van der Waals surface area contributed by atoms with E-state index in [-0.39, 0.29) is 0 Å². The molecule has 52 heavy (non-hydrogen) atoms. The minimum absolute atomic E-state index is 0.494. The molecule has 0 amide bonds. The quantitative estimate of drug-likeness (QED) is 0.146. The normalized spacial score (nSPS) is 19.1. The molecule has 0 nitrogen and oxygen atoms in total. The Morgan fingerprint density at radius 1 is 0.462 bits per heavy atom. The predicted octanol–water partition coefficient (Wildman–Crippen LogP) is 12.4. The molecule has 2 heteroatoms. The van der Waals surface area contributed by atoms with Gasteiger partial charge in [-0.3, -0.25) is 0 Å². The maximum absolute atomic E-state index is 3.34. The standard InChI is InChI=1S/C48H42Si.2CH3.Hf/c1-33(2)35-15-11-17-37(27-35)45-25-13-19-39-29-43(31-47(39)45)49(41-21-7-5-8-22-41,42-23-9-6-10-24-42)44-30-40-20-14-26-46(48(40)32-44)38-18-12-16-36(28-38)34(3)4;;;/h5-34H,1-4H3;2*1H3;. The molecule has 6 aromatic rings. The van der Waals surface area contributed by atoms with Crippen LogP contribution < -0.4 is 10.4 Å². The van der Waals surface area contributed by atoms with Gasteiger partial charge < -0.3 is 0 Å². The molecular formula is C50H48HfSi. The third-order valence-electron chi connectivity index (χ3n) is 12.6. The van der Waals surface area contributed by atoms with E-state index in [9.17, 15) is 0 Å². The van der Waals surface area contributed by atoms with Crippen LogP contribution in [-0.4, -0.2) is 8.07 Å². The fourth-order valence-electron chi connectivity index (χ4n) is 10.2. The Kier molecular flexibility index (Phi) is 8.28. The Morgan fingerprint density at radius 2 is 0.865 bits per heavy atom. The fraction of sp³-hybridized carbons (Fsp3) is 0.200. The molecule has 2 unspecified atom stereocenters. The number of benzene rings is 6. The van der Waals surface area contributed by atoms with Gasteiger partial charge in [0.1, 0.15) is 0 Å². The summed E-state index contributed by atoms with van der Waals surface area (Å²) in [5.41, 5.74) is 14.4. The Labute approximate surface area is 316 Å². The average Bonchev–Trinajstić information content (AvgIpc) is 3.77. The number of hydrogen-bond acceptors (Lipinski definition) is 0. The van der Waals surface area contributed by atoms with Gasteiger partial charge in [-0.25, -0.2) is 0 Å². The molecule has 1 heterocycles. The van der Waals surface area contributed by atoms with Crippen LogP contribution in [0.2, 0.25) is 9.36 Å². The van der Waals surface area contributed by atoms with E-state index in [2.05, 4.69) is 195 Å². The third-order valence-corrected chi connectivity index (χ3v) is 34.9. The van der Waals surface area contributed by atoms with Gasteiger partial charge in [-0.15, -0.1) is 0 Å². The maximum atomic E-state index is 2.79. The fourth-order valence-corrected chi connectivity index (χ4v) is 41.4. The van der Waals surface area contributed by atoms with E-state index in [1.165, 1.54) is 54.9 Å². The number of fused-ring (bicyclic) bond motifs is 6. The van der Waals surface area contributed by atoms with E-state index in [0.717, 1.165) is 0 Å². The molecule has 6 aromatic carbocycles. The van der Waals surface area contributed by atoms with Crippen LogP contribution in [0.15, 0.2) is 156 Å². The van der Waals surface area contributed by atoms with Gasteiger partial charge in [-0.1, -0.05) is 0 Å². The summed E-state index contributed by atoms with van der Waals surface area (Å²) in [6.07, 6.45) is 5.47. The van der Waals surface area contributed by atoms with Gasteiger partial charge in [-0.2, -0.15) is 0 Å². The van der Waals surface area contributed by atoms with Gasteiger partial charge >= 0.3 is 318 Å². The number of rotatable bonds is 6. The number of allylic oxidation sites excluding steroid dienone is 2. The summed E-state index contributed by atoms with van der Waals surface area (Å²) in [6.45, 7) is 9.22. The van der Waals surface area contributed by atoms with E-state index >= 15 is 0 Å². The van der Waals surface area contributed by atoms with Crippen molar-refractivity contribution >= 4 is 30.6 Å². The molecule has 256 valence electrons. The summed E-state index contributed by atoms with van der Waals surface area (Å²) in [5.74, 6) is 0.988. The average molecular weight is 856 g/mol. The molecule has 0 saturated carbocycles. The van der Waals surface area contributed by atoms with E-state index in [1.807, 2.05) is 0 Å². The van der Waals surface area contributed by atoms with Crippen molar-refractivity contribution in [2.75, 3.05) is 0 Å². The van der Waals surface area contributed by atoms with E-state index < -0.39 is 28.0 Å². The van der Waals surface area contributed by atoms with Crippen LogP contribution >= 0.6 is 0 Å². The van der Waals surface area contributed by atoms with Crippen molar-refractivity contribution in [3.63, 3.8) is 0 Å². The van der Waals surface area contributed by atoms with Crippen molar-refractivity contribution in [1.29, 1.82) is 0 Å². The molecule has 9 rings (SSSR count). The van der Waals surface area contributed by atoms with Gasteiger partial charge in [0.15, 0.2) is 0 Å². The summed E-state index contributed by atoms with van der Waals surface area (Å²) in [5, 5.41) is 6.50. The number of hydrogen-bond donors (Lipinski definition) is 0. The van der Waals surface area contributed by atoms with Crippen molar-refractivity contribution in [2.45, 2.75) is 56.2 Å². The zero-order chi connectivity index (χ0) is 35.8. The molecule has 1 fully saturated rings. The molecule has 0 bridgehead atoms. The Balaban J connectivity index is 1.37. The molecule has 3 aliphatic rings. The van der Waals surface area contributed by atoms with Crippen molar-refractivity contribution < 1.29 is 20.0 Å². The van der Waals surface area contributed by atoms with Gasteiger partial charge in [-0.05, 0) is 0 Å². The van der Waals surface area contributed by atoms with Crippen LogP contribution in [0.5, 0.6) is 0 Å². The third kappa shape index (κ3) is 5.01. The monoisotopic (exact) mass is 856 g/mol. The van der Waals surface area contributed by atoms with Crippen molar-refractivity contribution in [1.82, 2.24) is 0 Å². The molecule has 0 radical (unpaired) electrons. The molecule has 2 aliphatic carbocycles. The first-order chi connectivity index (χ1) is 25.2. The first-order valence-corrected chi connectivity index (χ1v) is 32.6. The second-order valence-corrected chi connectivity index (χ2v) is 37.6. The molecule has 0 N–H and O–H groups in total. The minimum atomic E-state index is -3.34. The van der Waals surface area contributed by atoms with Gasteiger partial charge in [0, 0.05) is 0 Å². The van der Waals surface area contributed by atoms with Gasteiger partial charge in [0.2, 0.25) is 0 Å². The van der Waals surface area contributed by atoms with Crippen LogP contribution in [0.4, 0.5) is 0 Å². The van der Waals surface area contributed by atoms with E-state index in [4.69, 9.17) is 0 Å². The summed E-state index contributed by atoms with van der Waals surface area (Å²) in [4.78, 5) is 0. The van der Waals surface area contributed by atoms with Crippen molar-refractivity contribution in [2.24, 2.45) is 0 Å². The van der Waals surface area contributed by atoms with Gasteiger partial charge in [0.25, 0.3) is 0 Å². The molecule has 1 aliphatic heterocycles. The van der Waals surface area contributed by atoms with Crippen LogP contribution in [0, 0.1) is 0 Å². The first-order valence-electron chi connectivity index (χ1n) is 19.2.